The monoisotopic (exact) mass is 238 g/mol. The molecule has 0 aromatic carbocycles. The first-order valence-corrected chi connectivity index (χ1v) is 6.97. The van der Waals surface area contributed by atoms with Gasteiger partial charge in [0, 0.05) is 25.0 Å². The highest BCUT2D eigenvalue weighted by Gasteiger charge is 2.29. The third kappa shape index (κ3) is 3.42. The maximum Gasteiger partial charge on any atom is 0.0947 e. The SMILES string of the molecule is CC(CN1CCC(N2CCCCC2)C1)C(=N)N. The van der Waals surface area contributed by atoms with E-state index < -0.39 is 0 Å². The summed E-state index contributed by atoms with van der Waals surface area (Å²) in [6, 6.07) is 0.759. The second-order valence-electron chi connectivity index (χ2n) is 5.66. The molecule has 2 aliphatic rings. The normalized spacial score (nSPS) is 29.4. The van der Waals surface area contributed by atoms with E-state index >= 15 is 0 Å². The Morgan fingerprint density at radius 2 is 2.00 bits per heavy atom. The van der Waals surface area contributed by atoms with E-state index in [2.05, 4.69) is 16.7 Å². The molecule has 2 heterocycles. The number of likely N-dealkylation sites (tertiary alicyclic amines) is 2. The molecule has 4 nitrogen and oxygen atoms in total. The van der Waals surface area contributed by atoms with Crippen molar-refractivity contribution in [1.29, 1.82) is 5.41 Å². The second-order valence-corrected chi connectivity index (χ2v) is 5.66. The summed E-state index contributed by atoms with van der Waals surface area (Å²) in [5.41, 5.74) is 5.54. The van der Waals surface area contributed by atoms with Gasteiger partial charge >= 0.3 is 0 Å². The molecule has 0 bridgehead atoms. The van der Waals surface area contributed by atoms with Gasteiger partial charge in [-0.05, 0) is 38.9 Å². The Labute approximate surface area is 105 Å². The van der Waals surface area contributed by atoms with E-state index in [-0.39, 0.29) is 5.92 Å². The highest BCUT2D eigenvalue weighted by Crippen LogP contribution is 2.20. The molecule has 2 saturated heterocycles. The van der Waals surface area contributed by atoms with Crippen molar-refractivity contribution in [1.82, 2.24) is 9.80 Å². The molecule has 0 amide bonds. The van der Waals surface area contributed by atoms with Crippen molar-refractivity contribution in [2.45, 2.75) is 38.6 Å². The van der Waals surface area contributed by atoms with E-state index in [0.29, 0.717) is 5.84 Å². The Hall–Kier alpha value is -0.610. The Morgan fingerprint density at radius 3 is 2.65 bits per heavy atom. The molecule has 2 atom stereocenters. The first kappa shape index (κ1) is 12.8. The predicted octanol–water partition coefficient (Wildman–Crippen LogP) is 1.12. The molecule has 0 spiro atoms. The van der Waals surface area contributed by atoms with Crippen molar-refractivity contribution in [3.8, 4) is 0 Å². The number of nitrogens with zero attached hydrogens (tertiary/aromatic N) is 2. The van der Waals surface area contributed by atoms with Crippen LogP contribution < -0.4 is 5.73 Å². The number of hydrogen-bond donors (Lipinski definition) is 2. The molecule has 2 unspecified atom stereocenters. The zero-order valence-corrected chi connectivity index (χ0v) is 11.0. The van der Waals surface area contributed by atoms with Gasteiger partial charge in [0.25, 0.3) is 0 Å². The van der Waals surface area contributed by atoms with E-state index in [1.54, 1.807) is 0 Å². The van der Waals surface area contributed by atoms with Crippen molar-refractivity contribution in [2.75, 3.05) is 32.7 Å². The summed E-state index contributed by atoms with van der Waals surface area (Å²) in [5.74, 6) is 0.529. The lowest BCUT2D eigenvalue weighted by Gasteiger charge is -2.32. The average molecular weight is 238 g/mol. The Morgan fingerprint density at radius 1 is 1.29 bits per heavy atom. The van der Waals surface area contributed by atoms with Crippen LogP contribution in [0.25, 0.3) is 0 Å². The molecule has 2 rings (SSSR count). The molecule has 2 fully saturated rings. The maximum atomic E-state index is 7.45. The van der Waals surface area contributed by atoms with Gasteiger partial charge in [0.1, 0.15) is 0 Å². The molecule has 0 aromatic rings. The summed E-state index contributed by atoms with van der Waals surface area (Å²) < 4.78 is 0. The van der Waals surface area contributed by atoms with E-state index in [1.807, 2.05) is 0 Å². The first-order valence-electron chi connectivity index (χ1n) is 6.97. The Kier molecular flexibility index (Phi) is 4.40. The van der Waals surface area contributed by atoms with Crippen LogP contribution >= 0.6 is 0 Å². The first-order chi connectivity index (χ1) is 8.16. The third-order valence-electron chi connectivity index (χ3n) is 4.22. The molecule has 0 radical (unpaired) electrons. The quantitative estimate of drug-likeness (QED) is 0.570. The van der Waals surface area contributed by atoms with Crippen molar-refractivity contribution in [3.05, 3.63) is 0 Å². The van der Waals surface area contributed by atoms with Gasteiger partial charge in [-0.1, -0.05) is 13.3 Å². The van der Waals surface area contributed by atoms with Crippen molar-refractivity contribution < 1.29 is 0 Å². The van der Waals surface area contributed by atoms with E-state index in [1.165, 1.54) is 51.9 Å². The van der Waals surface area contributed by atoms with Gasteiger partial charge in [0.15, 0.2) is 0 Å². The van der Waals surface area contributed by atoms with Crippen LogP contribution in [0.2, 0.25) is 0 Å². The highest BCUT2D eigenvalue weighted by atomic mass is 15.3. The molecule has 3 N–H and O–H groups in total. The number of amidine groups is 1. The van der Waals surface area contributed by atoms with Gasteiger partial charge in [0.2, 0.25) is 0 Å². The van der Waals surface area contributed by atoms with Crippen LogP contribution in [-0.4, -0.2) is 54.4 Å². The fourth-order valence-electron chi connectivity index (χ4n) is 3.05. The van der Waals surface area contributed by atoms with Crippen molar-refractivity contribution in [3.63, 3.8) is 0 Å². The molecular formula is C13H26N4. The lowest BCUT2D eigenvalue weighted by molar-refractivity contribution is 0.161. The van der Waals surface area contributed by atoms with Crippen LogP contribution in [0.3, 0.4) is 0 Å². The molecular weight excluding hydrogens is 212 g/mol. The van der Waals surface area contributed by atoms with Crippen LogP contribution in [0.4, 0.5) is 0 Å². The Balaban J connectivity index is 1.76. The zero-order chi connectivity index (χ0) is 12.3. The fraction of sp³-hybridized carbons (Fsp3) is 0.923. The summed E-state index contributed by atoms with van der Waals surface area (Å²) in [6.45, 7) is 7.95. The zero-order valence-electron chi connectivity index (χ0n) is 11.0. The van der Waals surface area contributed by atoms with Gasteiger partial charge in [0.05, 0.1) is 5.84 Å². The molecule has 0 saturated carbocycles. The van der Waals surface area contributed by atoms with Crippen LogP contribution in [0.5, 0.6) is 0 Å². The minimum atomic E-state index is 0.204. The van der Waals surface area contributed by atoms with Gasteiger partial charge < -0.3 is 10.6 Å². The molecule has 0 aliphatic carbocycles. The largest absolute Gasteiger partial charge is 0.387 e. The van der Waals surface area contributed by atoms with Gasteiger partial charge in [-0.2, -0.15) is 0 Å². The van der Waals surface area contributed by atoms with Gasteiger partial charge in [-0.3, -0.25) is 10.3 Å². The summed E-state index contributed by atoms with van der Waals surface area (Å²) >= 11 is 0. The molecule has 2 aliphatic heterocycles. The van der Waals surface area contributed by atoms with Crippen LogP contribution in [0, 0.1) is 11.3 Å². The van der Waals surface area contributed by atoms with E-state index in [0.717, 1.165) is 12.6 Å². The van der Waals surface area contributed by atoms with Crippen LogP contribution in [0.15, 0.2) is 0 Å². The second kappa shape index (κ2) is 5.83. The maximum absolute atomic E-state index is 7.45. The minimum absolute atomic E-state index is 0.204. The smallest absolute Gasteiger partial charge is 0.0947 e. The topological polar surface area (TPSA) is 56.4 Å². The molecule has 0 aromatic heterocycles. The van der Waals surface area contributed by atoms with Crippen molar-refractivity contribution in [2.24, 2.45) is 11.7 Å². The number of hydrogen-bond acceptors (Lipinski definition) is 3. The average Bonchev–Trinajstić information content (AvgIpc) is 2.78. The number of nitrogens with one attached hydrogen (secondary N) is 1. The van der Waals surface area contributed by atoms with Crippen LogP contribution in [0.1, 0.15) is 32.6 Å². The summed E-state index contributed by atoms with van der Waals surface area (Å²) in [7, 11) is 0. The third-order valence-corrected chi connectivity index (χ3v) is 4.22. The van der Waals surface area contributed by atoms with Crippen LogP contribution in [-0.2, 0) is 0 Å². The highest BCUT2D eigenvalue weighted by molar-refractivity contribution is 5.79. The summed E-state index contributed by atoms with van der Waals surface area (Å²) in [5, 5.41) is 7.45. The van der Waals surface area contributed by atoms with Crippen molar-refractivity contribution >= 4 is 5.84 Å². The molecule has 4 heteroatoms. The summed E-state index contributed by atoms with van der Waals surface area (Å²) in [4.78, 5) is 5.15. The van der Waals surface area contributed by atoms with Gasteiger partial charge in [-0.15, -0.1) is 0 Å². The lowest BCUT2D eigenvalue weighted by atomic mass is 10.1. The van der Waals surface area contributed by atoms with Gasteiger partial charge in [-0.25, -0.2) is 0 Å². The van der Waals surface area contributed by atoms with E-state index in [9.17, 15) is 0 Å². The number of piperidine rings is 1. The minimum Gasteiger partial charge on any atom is -0.387 e. The Bertz CT molecular complexity index is 260. The number of rotatable bonds is 4. The predicted molar refractivity (Wildman–Crippen MR) is 71.3 cm³/mol. The molecule has 17 heavy (non-hydrogen) atoms. The van der Waals surface area contributed by atoms with E-state index in [4.69, 9.17) is 11.1 Å². The standard InChI is InChI=1S/C13H26N4/c1-11(13(14)15)9-16-8-5-12(10-16)17-6-3-2-4-7-17/h11-12H,2-10H2,1H3,(H3,14,15). The summed E-state index contributed by atoms with van der Waals surface area (Å²) in [6.07, 6.45) is 5.46. The molecule has 98 valence electrons. The fourth-order valence-corrected chi connectivity index (χ4v) is 3.05. The number of nitrogens with two attached hydrogens (primary N) is 1. The lowest BCUT2D eigenvalue weighted by Crippen LogP contribution is -2.41.